The predicted molar refractivity (Wildman–Crippen MR) is 68.0 cm³/mol. The van der Waals surface area contributed by atoms with E-state index in [2.05, 4.69) is 9.97 Å². The van der Waals surface area contributed by atoms with Gasteiger partial charge in [-0.3, -0.25) is 0 Å². The van der Waals surface area contributed by atoms with Gasteiger partial charge in [-0.1, -0.05) is 12.5 Å². The number of benzene rings is 1. The molecular weight excluding hydrogens is 214 g/mol. The average molecular weight is 231 g/mol. The fraction of sp³-hybridized carbons (Fsp3) is 0.462. The number of aromatic amines is 1. The molecule has 1 aliphatic carbocycles. The van der Waals surface area contributed by atoms with E-state index < -0.39 is 0 Å². The van der Waals surface area contributed by atoms with Gasteiger partial charge >= 0.3 is 0 Å². The van der Waals surface area contributed by atoms with Crippen molar-refractivity contribution < 1.29 is 4.74 Å². The fourth-order valence-electron chi connectivity index (χ4n) is 2.48. The Hall–Kier alpha value is -1.71. The first kappa shape index (κ1) is 10.4. The molecule has 0 atom stereocenters. The molecule has 0 bridgehead atoms. The minimum Gasteiger partial charge on any atom is -0.488 e. The van der Waals surface area contributed by atoms with Crippen LogP contribution < -0.4 is 10.5 Å². The summed E-state index contributed by atoms with van der Waals surface area (Å²) >= 11 is 0. The Labute approximate surface area is 100 Å². The molecule has 3 N–H and O–H groups in total. The number of nitrogens with two attached hydrogens (primary N) is 1. The summed E-state index contributed by atoms with van der Waals surface area (Å²) in [4.78, 5) is 7.30. The lowest BCUT2D eigenvalue weighted by Crippen LogP contribution is -2.19. The van der Waals surface area contributed by atoms with Crippen LogP contribution in [-0.4, -0.2) is 16.1 Å². The number of fused-ring (bicyclic) bond motifs is 1. The standard InChI is InChI=1S/C13H17N3O/c14-13-15-10-7-4-8-11(12(10)16-13)17-9-5-2-1-3-6-9/h4,7-9H,1-3,5-6H2,(H3,14,15,16). The first-order valence-corrected chi connectivity index (χ1v) is 6.24. The zero-order valence-electron chi connectivity index (χ0n) is 9.78. The van der Waals surface area contributed by atoms with Crippen molar-refractivity contribution in [1.82, 2.24) is 9.97 Å². The molecule has 0 radical (unpaired) electrons. The molecule has 1 aromatic carbocycles. The van der Waals surface area contributed by atoms with E-state index >= 15 is 0 Å². The molecular formula is C13H17N3O. The number of aromatic nitrogens is 2. The third kappa shape index (κ3) is 2.07. The number of H-pyrrole nitrogens is 1. The average Bonchev–Trinajstić information content (AvgIpc) is 2.72. The molecule has 0 amide bonds. The van der Waals surface area contributed by atoms with Crippen LogP contribution in [0.25, 0.3) is 11.0 Å². The summed E-state index contributed by atoms with van der Waals surface area (Å²) in [6.45, 7) is 0. The van der Waals surface area contributed by atoms with Gasteiger partial charge in [-0.25, -0.2) is 4.98 Å². The summed E-state index contributed by atoms with van der Waals surface area (Å²) in [5.41, 5.74) is 7.45. The van der Waals surface area contributed by atoms with Gasteiger partial charge in [0.15, 0.2) is 5.95 Å². The molecule has 17 heavy (non-hydrogen) atoms. The quantitative estimate of drug-likeness (QED) is 0.835. The molecule has 0 spiro atoms. The highest BCUT2D eigenvalue weighted by atomic mass is 16.5. The highest BCUT2D eigenvalue weighted by Crippen LogP contribution is 2.28. The number of nitrogen functional groups attached to an aromatic ring is 1. The number of rotatable bonds is 2. The van der Waals surface area contributed by atoms with Gasteiger partial charge in [0, 0.05) is 0 Å². The van der Waals surface area contributed by atoms with E-state index in [1.54, 1.807) is 0 Å². The molecule has 2 aromatic rings. The Balaban J connectivity index is 1.88. The summed E-state index contributed by atoms with van der Waals surface area (Å²) in [6.07, 6.45) is 6.51. The van der Waals surface area contributed by atoms with Gasteiger partial charge in [-0.2, -0.15) is 0 Å². The van der Waals surface area contributed by atoms with Gasteiger partial charge in [0.05, 0.1) is 11.6 Å². The summed E-state index contributed by atoms with van der Waals surface area (Å²) in [6, 6.07) is 5.90. The number of imidazole rings is 1. The zero-order chi connectivity index (χ0) is 11.7. The number of nitrogens with one attached hydrogen (secondary N) is 1. The zero-order valence-corrected chi connectivity index (χ0v) is 9.78. The van der Waals surface area contributed by atoms with Crippen LogP contribution in [0.3, 0.4) is 0 Å². The summed E-state index contributed by atoms with van der Waals surface area (Å²) in [5.74, 6) is 1.29. The first-order chi connectivity index (χ1) is 8.33. The normalized spacial score (nSPS) is 17.4. The van der Waals surface area contributed by atoms with Crippen molar-refractivity contribution in [3.05, 3.63) is 18.2 Å². The van der Waals surface area contributed by atoms with Crippen molar-refractivity contribution in [2.45, 2.75) is 38.2 Å². The molecule has 0 unspecified atom stereocenters. The summed E-state index contributed by atoms with van der Waals surface area (Å²) in [5, 5.41) is 0. The molecule has 90 valence electrons. The summed E-state index contributed by atoms with van der Waals surface area (Å²) in [7, 11) is 0. The van der Waals surface area contributed by atoms with Gasteiger partial charge in [-0.15, -0.1) is 0 Å². The van der Waals surface area contributed by atoms with Crippen LogP contribution in [0.4, 0.5) is 5.95 Å². The van der Waals surface area contributed by atoms with Crippen molar-refractivity contribution in [2.75, 3.05) is 5.73 Å². The van der Waals surface area contributed by atoms with Crippen LogP contribution >= 0.6 is 0 Å². The monoisotopic (exact) mass is 231 g/mol. The van der Waals surface area contributed by atoms with E-state index in [4.69, 9.17) is 10.5 Å². The smallest absolute Gasteiger partial charge is 0.198 e. The van der Waals surface area contributed by atoms with Crippen LogP contribution in [0.2, 0.25) is 0 Å². The van der Waals surface area contributed by atoms with E-state index in [9.17, 15) is 0 Å². The number of hydrogen-bond acceptors (Lipinski definition) is 3. The molecule has 1 heterocycles. The van der Waals surface area contributed by atoms with Gasteiger partial charge in [-0.05, 0) is 37.8 Å². The number of para-hydroxylation sites is 1. The van der Waals surface area contributed by atoms with Crippen molar-refractivity contribution in [1.29, 1.82) is 0 Å². The molecule has 3 rings (SSSR count). The Morgan fingerprint density at radius 2 is 2.06 bits per heavy atom. The van der Waals surface area contributed by atoms with Crippen LogP contribution in [0.15, 0.2) is 18.2 Å². The van der Waals surface area contributed by atoms with E-state index in [-0.39, 0.29) is 0 Å². The largest absolute Gasteiger partial charge is 0.488 e. The molecule has 1 aromatic heterocycles. The number of anilines is 1. The first-order valence-electron chi connectivity index (χ1n) is 6.24. The van der Waals surface area contributed by atoms with Gasteiger partial charge in [0.1, 0.15) is 11.3 Å². The lowest BCUT2D eigenvalue weighted by atomic mass is 9.98. The van der Waals surface area contributed by atoms with Gasteiger partial charge in [0.2, 0.25) is 0 Å². The fourth-order valence-corrected chi connectivity index (χ4v) is 2.48. The lowest BCUT2D eigenvalue weighted by Gasteiger charge is -2.23. The molecule has 0 saturated heterocycles. The third-order valence-electron chi connectivity index (χ3n) is 3.34. The molecule has 4 nitrogen and oxygen atoms in total. The van der Waals surface area contributed by atoms with Crippen molar-refractivity contribution >= 4 is 17.0 Å². The van der Waals surface area contributed by atoms with Crippen LogP contribution in [-0.2, 0) is 0 Å². The molecule has 1 aliphatic rings. The predicted octanol–water partition coefficient (Wildman–Crippen LogP) is 2.86. The Kier molecular flexibility index (Phi) is 2.63. The van der Waals surface area contributed by atoms with Crippen molar-refractivity contribution in [2.24, 2.45) is 0 Å². The maximum atomic E-state index is 6.04. The Morgan fingerprint density at radius 1 is 1.24 bits per heavy atom. The summed E-state index contributed by atoms with van der Waals surface area (Å²) < 4.78 is 6.04. The molecule has 0 aliphatic heterocycles. The molecule has 1 saturated carbocycles. The molecule has 4 heteroatoms. The molecule has 1 fully saturated rings. The van der Waals surface area contributed by atoms with Crippen LogP contribution in [0.1, 0.15) is 32.1 Å². The Morgan fingerprint density at radius 3 is 2.88 bits per heavy atom. The minimum atomic E-state index is 0.340. The second-order valence-electron chi connectivity index (χ2n) is 4.65. The van der Waals surface area contributed by atoms with Crippen LogP contribution in [0.5, 0.6) is 5.75 Å². The van der Waals surface area contributed by atoms with Gasteiger partial charge in [0.25, 0.3) is 0 Å². The second-order valence-corrected chi connectivity index (χ2v) is 4.65. The number of hydrogen-bond donors (Lipinski definition) is 2. The minimum absolute atomic E-state index is 0.340. The van der Waals surface area contributed by atoms with E-state index in [1.165, 1.54) is 19.3 Å². The maximum absolute atomic E-state index is 6.04. The van der Waals surface area contributed by atoms with Gasteiger partial charge < -0.3 is 15.5 Å². The topological polar surface area (TPSA) is 63.9 Å². The number of ether oxygens (including phenoxy) is 1. The Bertz CT molecular complexity index is 514. The second kappa shape index (κ2) is 4.28. The maximum Gasteiger partial charge on any atom is 0.198 e. The third-order valence-corrected chi connectivity index (χ3v) is 3.34. The van der Waals surface area contributed by atoms with Crippen molar-refractivity contribution in [3.8, 4) is 5.75 Å². The highest BCUT2D eigenvalue weighted by molar-refractivity contribution is 5.83. The lowest BCUT2D eigenvalue weighted by molar-refractivity contribution is 0.157. The highest BCUT2D eigenvalue weighted by Gasteiger charge is 2.16. The van der Waals surface area contributed by atoms with Crippen molar-refractivity contribution in [3.63, 3.8) is 0 Å². The van der Waals surface area contributed by atoms with E-state index in [1.807, 2.05) is 18.2 Å². The van der Waals surface area contributed by atoms with E-state index in [0.717, 1.165) is 29.6 Å². The number of nitrogens with zero attached hydrogens (tertiary/aromatic N) is 1. The van der Waals surface area contributed by atoms with Crippen LogP contribution in [0, 0.1) is 0 Å². The van der Waals surface area contributed by atoms with E-state index in [0.29, 0.717) is 12.1 Å². The SMILES string of the molecule is Nc1nc2c(OC3CCCCC3)cccc2[nH]1.